The molecule has 16 heteroatoms. The van der Waals surface area contributed by atoms with E-state index in [2.05, 4.69) is 20.4 Å². The summed E-state index contributed by atoms with van der Waals surface area (Å²) in [6.07, 6.45) is -15.9. The second-order valence-corrected chi connectivity index (χ2v) is 17.4. The molecule has 4 aliphatic carbocycles. The maximum atomic E-state index is 11.6. The molecule has 0 aromatic carbocycles. The Morgan fingerprint density at radius 2 is 1.21 bits per heavy atom. The van der Waals surface area contributed by atoms with E-state index in [0.717, 1.165) is 31.3 Å². The highest BCUT2D eigenvalue weighted by Gasteiger charge is 2.67. The number of fused-ring (bicyclic) bond motifs is 3. The molecule has 0 unspecified atom stereocenters. The largest absolute Gasteiger partial charge is 0.394 e. The van der Waals surface area contributed by atoms with Crippen molar-refractivity contribution in [1.82, 2.24) is 0 Å². The predicted molar refractivity (Wildman–Crippen MR) is 180 cm³/mol. The van der Waals surface area contributed by atoms with Crippen LogP contribution in [0.2, 0.25) is 0 Å². The molecule has 1 spiro atoms. The van der Waals surface area contributed by atoms with E-state index in [4.69, 9.17) is 28.4 Å². The van der Waals surface area contributed by atoms with E-state index in [-0.39, 0.29) is 10.8 Å². The average molecular weight is 761 g/mol. The molecular formula is C37H60O16. The molecule has 4 saturated carbocycles. The standard InChI is InChI=1S/C37H60O16/c1-16-5-4-8-35(3)18(16)6-9-36-11-17(2)37(15-36,10-7-22(35)36)53-34-31(52-33-29(47)27(45)24(42)20(13-39)49-33)30(25(43)21(14-40)50-34)51-32-28(46)26(44)23(41)19(12-38)48-32/h16,18-34,38-47H,2,4-15H2,1,3H3/t16-,18+,19-,20-,21-,22+,23-,24-,25-,26+,27+,28-,29-,30+,31-,32+,33+,34+,35+,36-,37+/m1/s1. The van der Waals surface area contributed by atoms with Crippen molar-refractivity contribution in [2.75, 3.05) is 19.8 Å². The first kappa shape index (κ1) is 40.3. The smallest absolute Gasteiger partial charge is 0.188 e. The first-order valence-electron chi connectivity index (χ1n) is 19.4. The van der Waals surface area contributed by atoms with Crippen LogP contribution in [0.3, 0.4) is 0 Å². The highest BCUT2D eigenvalue weighted by Crippen LogP contribution is 2.72. The van der Waals surface area contributed by atoms with Crippen molar-refractivity contribution >= 4 is 0 Å². The molecule has 3 aliphatic heterocycles. The van der Waals surface area contributed by atoms with Gasteiger partial charge in [0.2, 0.25) is 0 Å². The Morgan fingerprint density at radius 3 is 1.79 bits per heavy atom. The summed E-state index contributed by atoms with van der Waals surface area (Å²) in [5, 5.41) is 105. The molecule has 10 N–H and O–H groups in total. The SMILES string of the molecule is C=C1C[C@@]23CC[C@H]4[C@H](C)CCC[C@]4(C)[C@@H]2CC[C@]1(O[C@@H]1O[C@H](CO)[C@@H](O)[C@H](O[C@@H]2O[C@H](CO)[C@@H](O)[C@H](O)[C@H]2O)[C@H]1O[C@@H]1O[C@H](CO)[C@@H](O)[C@H](O)[C@H]1O)C3. The highest BCUT2D eigenvalue weighted by molar-refractivity contribution is 5.30. The zero-order valence-corrected chi connectivity index (χ0v) is 30.5. The van der Waals surface area contributed by atoms with Crippen LogP contribution in [0, 0.1) is 28.6 Å². The molecule has 3 heterocycles. The van der Waals surface area contributed by atoms with E-state index < -0.39 is 118 Å². The van der Waals surface area contributed by atoms with Gasteiger partial charge in [0.1, 0.15) is 73.2 Å². The molecule has 7 fully saturated rings. The molecule has 21 atom stereocenters. The van der Waals surface area contributed by atoms with E-state index in [1.807, 2.05) is 0 Å². The van der Waals surface area contributed by atoms with Gasteiger partial charge in [-0.3, -0.25) is 0 Å². The fourth-order valence-corrected chi connectivity index (χ4v) is 11.8. The third-order valence-corrected chi connectivity index (χ3v) is 14.5. The number of hydrogen-bond acceptors (Lipinski definition) is 16. The monoisotopic (exact) mass is 760 g/mol. The van der Waals surface area contributed by atoms with Gasteiger partial charge in [-0.25, -0.2) is 0 Å². The quantitative estimate of drug-likeness (QED) is 0.0916. The van der Waals surface area contributed by atoms with Crippen LogP contribution in [-0.2, 0) is 28.4 Å². The Morgan fingerprint density at radius 1 is 0.660 bits per heavy atom. The van der Waals surface area contributed by atoms with Gasteiger partial charge in [0.25, 0.3) is 0 Å². The van der Waals surface area contributed by atoms with Crippen molar-refractivity contribution in [3.8, 4) is 0 Å². The second kappa shape index (κ2) is 15.1. The number of aliphatic hydroxyl groups excluding tert-OH is 10. The van der Waals surface area contributed by atoms with Crippen molar-refractivity contribution in [3.05, 3.63) is 12.2 Å². The molecule has 7 rings (SSSR count). The fraction of sp³-hybridized carbons (Fsp3) is 0.946. The third-order valence-electron chi connectivity index (χ3n) is 14.5. The molecule has 53 heavy (non-hydrogen) atoms. The summed E-state index contributed by atoms with van der Waals surface area (Å²) in [5.41, 5.74) is 0.123. The summed E-state index contributed by atoms with van der Waals surface area (Å²) >= 11 is 0. The van der Waals surface area contributed by atoms with E-state index in [0.29, 0.717) is 30.6 Å². The lowest BCUT2D eigenvalue weighted by atomic mass is 9.43. The van der Waals surface area contributed by atoms with E-state index in [1.165, 1.54) is 19.3 Å². The van der Waals surface area contributed by atoms with E-state index in [1.54, 1.807) is 0 Å². The van der Waals surface area contributed by atoms with Crippen LogP contribution in [0.25, 0.3) is 0 Å². The molecule has 2 bridgehead atoms. The van der Waals surface area contributed by atoms with Gasteiger partial charge in [-0.05, 0) is 79.1 Å². The van der Waals surface area contributed by atoms with Gasteiger partial charge in [-0.2, -0.15) is 0 Å². The van der Waals surface area contributed by atoms with Crippen molar-refractivity contribution in [2.24, 2.45) is 28.6 Å². The molecule has 0 radical (unpaired) electrons. The summed E-state index contributed by atoms with van der Waals surface area (Å²) in [4.78, 5) is 0. The Bertz CT molecular complexity index is 1300. The first-order valence-corrected chi connectivity index (χ1v) is 19.4. The minimum Gasteiger partial charge on any atom is -0.394 e. The maximum absolute atomic E-state index is 11.6. The molecule has 304 valence electrons. The Balaban J connectivity index is 1.21. The molecule has 0 aromatic rings. The lowest BCUT2D eigenvalue weighted by Gasteiger charge is -2.62. The van der Waals surface area contributed by atoms with Crippen LogP contribution < -0.4 is 0 Å². The number of aliphatic hydroxyl groups is 10. The van der Waals surface area contributed by atoms with Crippen LogP contribution in [0.1, 0.15) is 71.6 Å². The van der Waals surface area contributed by atoms with Gasteiger partial charge in [0, 0.05) is 0 Å². The lowest BCUT2D eigenvalue weighted by molar-refractivity contribution is -0.400. The number of ether oxygens (including phenoxy) is 6. The normalized spacial score (nSPS) is 55.7. The Kier molecular flexibility index (Phi) is 11.5. The van der Waals surface area contributed by atoms with Crippen molar-refractivity contribution in [3.63, 3.8) is 0 Å². The predicted octanol–water partition coefficient (Wildman–Crippen LogP) is -1.83. The van der Waals surface area contributed by atoms with E-state index in [9.17, 15) is 51.1 Å². The maximum Gasteiger partial charge on any atom is 0.188 e. The zero-order chi connectivity index (χ0) is 38.2. The summed E-state index contributed by atoms with van der Waals surface area (Å²) in [7, 11) is 0. The van der Waals surface area contributed by atoms with Crippen LogP contribution in [0.15, 0.2) is 12.2 Å². The summed E-state index contributed by atoms with van der Waals surface area (Å²) in [6, 6.07) is 0. The molecule has 3 saturated heterocycles. The minimum atomic E-state index is -1.87. The highest BCUT2D eigenvalue weighted by atomic mass is 16.8. The molecule has 0 aromatic heterocycles. The lowest BCUT2D eigenvalue weighted by Crippen LogP contribution is -2.68. The van der Waals surface area contributed by atoms with E-state index >= 15 is 0 Å². The van der Waals surface area contributed by atoms with Crippen LogP contribution in [0.4, 0.5) is 0 Å². The minimum absolute atomic E-state index is 0.0535. The van der Waals surface area contributed by atoms with Gasteiger partial charge < -0.3 is 79.5 Å². The van der Waals surface area contributed by atoms with Crippen molar-refractivity contribution in [2.45, 2.75) is 169 Å². The first-order chi connectivity index (χ1) is 25.1. The van der Waals surface area contributed by atoms with Gasteiger partial charge in [0.15, 0.2) is 18.9 Å². The van der Waals surface area contributed by atoms with Crippen molar-refractivity contribution < 1.29 is 79.5 Å². The number of hydrogen-bond donors (Lipinski definition) is 10. The summed E-state index contributed by atoms with van der Waals surface area (Å²) in [5.74, 6) is 1.78. The zero-order valence-electron chi connectivity index (χ0n) is 30.5. The summed E-state index contributed by atoms with van der Waals surface area (Å²) in [6.45, 7) is 7.19. The second-order valence-electron chi connectivity index (χ2n) is 17.4. The van der Waals surface area contributed by atoms with Gasteiger partial charge in [0.05, 0.1) is 25.4 Å². The van der Waals surface area contributed by atoms with Gasteiger partial charge >= 0.3 is 0 Å². The Labute approximate surface area is 309 Å². The molecule has 7 aliphatic rings. The molecular weight excluding hydrogens is 700 g/mol. The number of rotatable bonds is 9. The van der Waals surface area contributed by atoms with Crippen LogP contribution in [0.5, 0.6) is 0 Å². The average Bonchev–Trinajstić information content (AvgIpc) is 3.33. The van der Waals surface area contributed by atoms with Gasteiger partial charge in [-0.1, -0.05) is 33.3 Å². The molecule has 0 amide bonds. The van der Waals surface area contributed by atoms with Crippen LogP contribution >= 0.6 is 0 Å². The molecule has 16 nitrogen and oxygen atoms in total. The van der Waals surface area contributed by atoms with Crippen LogP contribution in [-0.4, -0.2) is 169 Å². The topological polar surface area (TPSA) is 258 Å². The Hall–Kier alpha value is -0.900. The summed E-state index contributed by atoms with van der Waals surface area (Å²) < 4.78 is 36.8. The third kappa shape index (κ3) is 6.65. The van der Waals surface area contributed by atoms with Gasteiger partial charge in [-0.15, -0.1) is 0 Å². The fourth-order valence-electron chi connectivity index (χ4n) is 11.8. The van der Waals surface area contributed by atoms with Crippen molar-refractivity contribution in [1.29, 1.82) is 0 Å².